The Bertz CT molecular complexity index is 1390. The number of guanidine groups is 1. The van der Waals surface area contributed by atoms with Gasteiger partial charge in [0.15, 0.2) is 5.96 Å². The number of rotatable bonds is 17. The average molecular weight is 612 g/mol. The van der Waals surface area contributed by atoms with Crippen molar-refractivity contribution in [2.45, 2.75) is 56.3 Å². The number of carbonyl (C=O) groups excluding carboxylic acids is 3. The second-order valence-corrected chi connectivity index (χ2v) is 10.0. The minimum Gasteiger partial charge on any atom is -0.508 e. The second-order valence-electron chi connectivity index (χ2n) is 10.0. The first-order valence-corrected chi connectivity index (χ1v) is 13.7. The standard InChI is InChI=1S/C27H37N11O6/c28-19(9-16-11-31-13-34-16)23(40)37-22(10-17-12-32-14-35-17)25(42)38-21(8-15-3-5-18(39)6-4-15)24(41)36-20(26(43)44)2-1-7-33-27(29)30/h3-6,11-14,19-22,39H,1-2,7-10,28H2,(H,31,34)(H,32,35)(H,36,41)(H,37,40)(H,38,42)(H,43,44)(H4,29,30,33). The number of aromatic amines is 2. The van der Waals surface area contributed by atoms with Crippen molar-refractivity contribution in [3.8, 4) is 5.75 Å². The molecular formula is C27H37N11O6. The van der Waals surface area contributed by atoms with Gasteiger partial charge in [-0.15, -0.1) is 0 Å². The predicted molar refractivity (Wildman–Crippen MR) is 158 cm³/mol. The lowest BCUT2D eigenvalue weighted by atomic mass is 10.0. The molecule has 0 saturated heterocycles. The third kappa shape index (κ3) is 10.8. The van der Waals surface area contributed by atoms with E-state index in [0.717, 1.165) is 0 Å². The summed E-state index contributed by atoms with van der Waals surface area (Å²) in [5.41, 5.74) is 18.4. The molecule has 0 bridgehead atoms. The van der Waals surface area contributed by atoms with Crippen molar-refractivity contribution < 1.29 is 29.4 Å². The lowest BCUT2D eigenvalue weighted by molar-refractivity contribution is -0.142. The number of carbonyl (C=O) groups is 4. The van der Waals surface area contributed by atoms with Gasteiger partial charge in [0.1, 0.15) is 23.9 Å². The summed E-state index contributed by atoms with van der Waals surface area (Å²) >= 11 is 0. The zero-order valence-corrected chi connectivity index (χ0v) is 23.8. The highest BCUT2D eigenvalue weighted by molar-refractivity contribution is 5.94. The Morgan fingerprint density at radius 2 is 1.36 bits per heavy atom. The Labute approximate surface area is 252 Å². The number of carboxylic acid groups (broad SMARTS) is 1. The fourth-order valence-electron chi connectivity index (χ4n) is 4.21. The molecule has 13 N–H and O–H groups in total. The summed E-state index contributed by atoms with van der Waals surface area (Å²) in [4.78, 5) is 69.3. The Balaban J connectivity index is 1.78. The number of benzene rings is 1. The number of aromatic nitrogens is 4. The van der Waals surface area contributed by atoms with Gasteiger partial charge in [-0.05, 0) is 30.5 Å². The van der Waals surface area contributed by atoms with Crippen LogP contribution in [0.15, 0.2) is 54.3 Å². The minimum atomic E-state index is -1.29. The molecule has 4 atom stereocenters. The molecule has 0 aliphatic heterocycles. The van der Waals surface area contributed by atoms with Crippen molar-refractivity contribution in [3.63, 3.8) is 0 Å². The van der Waals surface area contributed by atoms with E-state index in [4.69, 9.17) is 17.2 Å². The number of aliphatic carboxylic acids is 1. The number of hydrogen-bond donors (Lipinski definition) is 10. The van der Waals surface area contributed by atoms with Crippen molar-refractivity contribution in [2.75, 3.05) is 6.54 Å². The molecule has 0 aliphatic rings. The summed E-state index contributed by atoms with van der Waals surface area (Å²) in [7, 11) is 0. The SMILES string of the molecule is NC(N)=NCCCC(NC(=O)C(Cc1ccc(O)cc1)NC(=O)C(Cc1cnc[nH]1)NC(=O)C(N)Cc1cnc[nH]1)C(=O)O. The van der Waals surface area contributed by atoms with E-state index in [9.17, 15) is 29.4 Å². The smallest absolute Gasteiger partial charge is 0.326 e. The fraction of sp³-hybridized carbons (Fsp3) is 0.370. The van der Waals surface area contributed by atoms with Gasteiger partial charge in [0.05, 0.1) is 18.7 Å². The van der Waals surface area contributed by atoms with Crippen LogP contribution in [0.4, 0.5) is 0 Å². The van der Waals surface area contributed by atoms with E-state index in [1.54, 1.807) is 12.1 Å². The molecule has 3 rings (SSSR count). The van der Waals surface area contributed by atoms with Gasteiger partial charge < -0.3 is 53.3 Å². The van der Waals surface area contributed by atoms with Crippen molar-refractivity contribution in [1.29, 1.82) is 0 Å². The summed E-state index contributed by atoms with van der Waals surface area (Å²) in [5, 5.41) is 27.1. The van der Waals surface area contributed by atoms with Gasteiger partial charge in [0, 0.05) is 49.6 Å². The molecule has 44 heavy (non-hydrogen) atoms. The number of phenolic OH excluding ortho intramolecular Hbond substituents is 1. The third-order valence-electron chi connectivity index (χ3n) is 6.51. The molecule has 3 amide bonds. The highest BCUT2D eigenvalue weighted by Gasteiger charge is 2.31. The van der Waals surface area contributed by atoms with Crippen molar-refractivity contribution >= 4 is 29.7 Å². The number of aromatic hydroxyl groups is 1. The average Bonchev–Trinajstić information content (AvgIpc) is 3.69. The van der Waals surface area contributed by atoms with Crippen LogP contribution in [0.3, 0.4) is 0 Å². The second kappa shape index (κ2) is 16.3. The third-order valence-corrected chi connectivity index (χ3v) is 6.51. The highest BCUT2D eigenvalue weighted by Crippen LogP contribution is 2.12. The lowest BCUT2D eigenvalue weighted by Crippen LogP contribution is -2.58. The van der Waals surface area contributed by atoms with Gasteiger partial charge in [-0.1, -0.05) is 12.1 Å². The number of carboxylic acids is 1. The molecular weight excluding hydrogens is 574 g/mol. The Morgan fingerprint density at radius 3 is 1.91 bits per heavy atom. The molecule has 236 valence electrons. The summed E-state index contributed by atoms with van der Waals surface area (Å²) in [6, 6.07) is 1.20. The predicted octanol–water partition coefficient (Wildman–Crippen LogP) is -2.21. The molecule has 0 spiro atoms. The van der Waals surface area contributed by atoms with E-state index in [-0.39, 0.29) is 50.4 Å². The van der Waals surface area contributed by atoms with Gasteiger partial charge in [-0.2, -0.15) is 0 Å². The zero-order chi connectivity index (χ0) is 32.1. The lowest BCUT2D eigenvalue weighted by Gasteiger charge is -2.25. The van der Waals surface area contributed by atoms with Crippen LogP contribution in [0, 0.1) is 0 Å². The monoisotopic (exact) mass is 611 g/mol. The number of nitrogens with one attached hydrogen (secondary N) is 5. The van der Waals surface area contributed by atoms with Crippen molar-refractivity contribution in [2.24, 2.45) is 22.2 Å². The zero-order valence-electron chi connectivity index (χ0n) is 23.8. The quantitative estimate of drug-likeness (QED) is 0.0443. The molecule has 0 radical (unpaired) electrons. The maximum atomic E-state index is 13.6. The number of imidazole rings is 2. The molecule has 2 aromatic heterocycles. The van der Waals surface area contributed by atoms with Gasteiger partial charge in [0.2, 0.25) is 17.7 Å². The first-order valence-electron chi connectivity index (χ1n) is 13.7. The van der Waals surface area contributed by atoms with Crippen LogP contribution in [0.5, 0.6) is 5.75 Å². The summed E-state index contributed by atoms with van der Waals surface area (Å²) < 4.78 is 0. The number of amides is 3. The van der Waals surface area contributed by atoms with E-state index < -0.39 is 47.9 Å². The van der Waals surface area contributed by atoms with E-state index >= 15 is 0 Å². The van der Waals surface area contributed by atoms with Crippen LogP contribution in [0.25, 0.3) is 0 Å². The van der Waals surface area contributed by atoms with Crippen LogP contribution in [0.1, 0.15) is 29.8 Å². The number of phenols is 1. The highest BCUT2D eigenvalue weighted by atomic mass is 16.4. The molecule has 0 aliphatic carbocycles. The first-order chi connectivity index (χ1) is 21.0. The molecule has 2 heterocycles. The van der Waals surface area contributed by atoms with Gasteiger partial charge >= 0.3 is 5.97 Å². The topological polar surface area (TPSA) is 293 Å². The Kier molecular flexibility index (Phi) is 12.2. The van der Waals surface area contributed by atoms with Gasteiger partial charge in [0.25, 0.3) is 0 Å². The Morgan fingerprint density at radius 1 is 0.818 bits per heavy atom. The molecule has 0 fully saturated rings. The number of nitrogens with two attached hydrogens (primary N) is 3. The van der Waals surface area contributed by atoms with Crippen LogP contribution in [0.2, 0.25) is 0 Å². The van der Waals surface area contributed by atoms with E-state index in [1.165, 1.54) is 37.2 Å². The summed E-state index contributed by atoms with van der Waals surface area (Å²) in [5.74, 6) is -3.54. The molecule has 3 aromatic rings. The minimum absolute atomic E-state index is 0.000643. The van der Waals surface area contributed by atoms with Crippen LogP contribution in [-0.4, -0.2) is 90.5 Å². The summed E-state index contributed by atoms with van der Waals surface area (Å²) in [6.07, 6.45) is 6.23. The molecule has 17 heteroatoms. The maximum Gasteiger partial charge on any atom is 0.326 e. The number of nitrogens with zero attached hydrogens (tertiary/aromatic N) is 3. The fourth-order valence-corrected chi connectivity index (χ4v) is 4.21. The first kappa shape index (κ1) is 33.1. The number of hydrogen-bond acceptors (Lipinski definition) is 9. The molecule has 17 nitrogen and oxygen atoms in total. The van der Waals surface area contributed by atoms with E-state index in [0.29, 0.717) is 17.0 Å². The normalized spacial score (nSPS) is 13.6. The summed E-state index contributed by atoms with van der Waals surface area (Å²) in [6.45, 7) is 0.160. The van der Waals surface area contributed by atoms with Gasteiger partial charge in [-0.3, -0.25) is 19.4 Å². The molecule has 4 unspecified atom stereocenters. The number of aliphatic imine (C=N–C) groups is 1. The van der Waals surface area contributed by atoms with E-state index in [2.05, 4.69) is 40.9 Å². The van der Waals surface area contributed by atoms with E-state index in [1.807, 2.05) is 0 Å². The molecule has 1 aromatic carbocycles. The van der Waals surface area contributed by atoms with Crippen LogP contribution < -0.4 is 33.2 Å². The number of H-pyrrole nitrogens is 2. The maximum absolute atomic E-state index is 13.6. The largest absolute Gasteiger partial charge is 0.508 e. The Hall–Kier alpha value is -5.45. The van der Waals surface area contributed by atoms with Crippen LogP contribution >= 0.6 is 0 Å². The molecule has 0 saturated carbocycles. The van der Waals surface area contributed by atoms with Crippen molar-refractivity contribution in [3.05, 3.63) is 66.3 Å². The van der Waals surface area contributed by atoms with Crippen LogP contribution in [-0.2, 0) is 38.4 Å². The van der Waals surface area contributed by atoms with Gasteiger partial charge in [-0.25, -0.2) is 14.8 Å². The van der Waals surface area contributed by atoms with Crippen molar-refractivity contribution in [1.82, 2.24) is 35.9 Å².